The molecule has 38 heavy (non-hydrogen) atoms. The molecule has 0 rings (SSSR count). The third-order valence-electron chi connectivity index (χ3n) is 4.97. The molecule has 0 aromatic heterocycles. The van der Waals surface area contributed by atoms with Gasteiger partial charge in [-0.1, -0.05) is 0 Å². The standard InChI is InChI=1S/C9H35O14Si15/c1-17-34(8,9)38(30-15,19-25-10)36(23-35(18-24,26-11)27-12,22-33(6,7)21-32(3,4)5)37(28-13,29-14)20-31(2)16/h10-16,31H,1-9H3. The Hall–Kier alpha value is 2.69. The Morgan fingerprint density at radius 3 is 1.53 bits per heavy atom. The molecule has 0 heterocycles. The SMILES string of the molecule is CO[Si](C)(C)[Si](O[Si]O)([Si]O)[Si](O[Si](C)(C)O[Si](C)(C)C)(O[Si](O[Si])([Si]O)[Si]O)[Si](O[SiH](C)O)([Si]O)[Si]O. The second-order valence-electron chi connectivity index (χ2n) is 9.70. The van der Waals surface area contributed by atoms with Crippen molar-refractivity contribution in [2.24, 2.45) is 0 Å². The molecule has 0 spiro atoms. The molecule has 0 amide bonds. The molecular weight excluding hydrogens is 753 g/mol. The van der Waals surface area contributed by atoms with Gasteiger partial charge in [-0.05, 0) is 52.4 Å². The molecular formula is C9H35O14Si15. The van der Waals surface area contributed by atoms with Crippen molar-refractivity contribution in [2.45, 2.75) is 52.4 Å². The van der Waals surface area contributed by atoms with Crippen molar-refractivity contribution >= 4 is 130 Å². The highest BCUT2D eigenvalue weighted by Gasteiger charge is 2.83. The van der Waals surface area contributed by atoms with Crippen molar-refractivity contribution in [1.82, 2.24) is 0 Å². The van der Waals surface area contributed by atoms with Crippen LogP contribution in [0.5, 0.6) is 0 Å². The summed E-state index contributed by atoms with van der Waals surface area (Å²) >= 11 is 0. The summed E-state index contributed by atoms with van der Waals surface area (Å²) in [6.45, 7) is 5.76. The minimum atomic E-state index is -4.69. The average molecular weight is 789 g/mol. The maximum absolute atomic E-state index is 11.2. The number of hydrogen-bond acceptors (Lipinski definition) is 14. The molecule has 0 aromatic carbocycles. The van der Waals surface area contributed by atoms with Crippen LogP contribution in [-0.4, -0.2) is 171 Å². The third-order valence-corrected chi connectivity index (χ3v) is 102. The average Bonchev–Trinajstić information content (AvgIpc) is 2.81. The zero-order valence-electron chi connectivity index (χ0n) is 22.6. The predicted octanol–water partition coefficient (Wildman–Crippen LogP) is -5.52. The van der Waals surface area contributed by atoms with E-state index in [1.165, 1.54) is 13.7 Å². The highest BCUT2D eigenvalue weighted by molar-refractivity contribution is 7.99. The van der Waals surface area contributed by atoms with Crippen LogP contribution < -0.4 is 0 Å². The van der Waals surface area contributed by atoms with E-state index in [1.807, 2.05) is 19.6 Å². The second-order valence-corrected chi connectivity index (χ2v) is 72.4. The van der Waals surface area contributed by atoms with E-state index >= 15 is 0 Å². The minimum Gasteiger partial charge on any atom is -0.439 e. The van der Waals surface area contributed by atoms with Gasteiger partial charge in [-0.2, -0.15) is 0 Å². The number of hydrogen-bond donors (Lipinski definition) is 7. The Balaban J connectivity index is 8.29. The molecule has 0 aliphatic heterocycles. The molecule has 0 aliphatic carbocycles. The largest absolute Gasteiger partial charge is 0.439 e. The first-order valence-corrected chi connectivity index (χ1v) is 43.5. The first-order chi connectivity index (χ1) is 17.3. The van der Waals surface area contributed by atoms with Crippen molar-refractivity contribution in [3.63, 3.8) is 0 Å². The summed E-state index contributed by atoms with van der Waals surface area (Å²) in [5, 5.41) is 0. The molecule has 14 nitrogen and oxygen atoms in total. The van der Waals surface area contributed by atoms with E-state index < -0.39 is 119 Å². The van der Waals surface area contributed by atoms with Gasteiger partial charge in [-0.25, -0.2) is 0 Å². The lowest BCUT2D eigenvalue weighted by Crippen LogP contribution is -2.98. The molecule has 29 heteroatoms. The zero-order chi connectivity index (χ0) is 30.3. The molecule has 3 unspecified atom stereocenters. The Kier molecular flexibility index (Phi) is 17.3. The van der Waals surface area contributed by atoms with E-state index in [0.717, 1.165) is 0 Å². The fourth-order valence-electron chi connectivity index (χ4n) is 3.59. The van der Waals surface area contributed by atoms with Crippen molar-refractivity contribution < 1.29 is 62.7 Å². The van der Waals surface area contributed by atoms with Crippen molar-refractivity contribution in [3.8, 4) is 0 Å². The summed E-state index contributed by atoms with van der Waals surface area (Å²) < 4.78 is 43.8. The quantitative estimate of drug-likeness (QED) is 0.0576. The lowest BCUT2D eigenvalue weighted by Gasteiger charge is -2.58. The van der Waals surface area contributed by atoms with Gasteiger partial charge in [0.15, 0.2) is 8.32 Å². The van der Waals surface area contributed by atoms with Gasteiger partial charge in [0.25, 0.3) is 32.3 Å². The van der Waals surface area contributed by atoms with Crippen LogP contribution in [0, 0.1) is 0 Å². The third kappa shape index (κ3) is 9.11. The lowest BCUT2D eigenvalue weighted by molar-refractivity contribution is 0.315. The van der Waals surface area contributed by atoms with E-state index in [1.54, 1.807) is 26.2 Å². The predicted molar refractivity (Wildman–Crippen MR) is 164 cm³/mol. The van der Waals surface area contributed by atoms with Gasteiger partial charge < -0.3 is 62.7 Å². The molecule has 215 valence electrons. The second kappa shape index (κ2) is 16.1. The lowest BCUT2D eigenvalue weighted by atomic mass is 11.8. The molecule has 0 saturated heterocycles. The van der Waals surface area contributed by atoms with E-state index in [2.05, 4.69) is 10.5 Å². The summed E-state index contributed by atoms with van der Waals surface area (Å²) in [7, 11) is -23.1. The molecule has 0 bridgehead atoms. The van der Waals surface area contributed by atoms with Gasteiger partial charge in [0.05, 0.1) is 0 Å². The minimum absolute atomic E-state index is 1.07. The van der Waals surface area contributed by atoms with Crippen LogP contribution in [-0.2, 0) is 29.1 Å². The summed E-state index contributed by atoms with van der Waals surface area (Å²) in [6.07, 6.45) is 0. The number of rotatable bonds is 20. The Morgan fingerprint density at radius 1 is 0.737 bits per heavy atom. The fourth-order valence-corrected chi connectivity index (χ4v) is 145. The van der Waals surface area contributed by atoms with E-state index in [0.29, 0.717) is 0 Å². The zero-order valence-corrected chi connectivity index (χ0v) is 37.7. The molecule has 7 N–H and O–H groups in total. The van der Waals surface area contributed by atoms with Crippen molar-refractivity contribution in [3.05, 3.63) is 0 Å². The molecule has 0 fully saturated rings. The van der Waals surface area contributed by atoms with Gasteiger partial charge >= 0.3 is 43.0 Å². The van der Waals surface area contributed by atoms with Crippen molar-refractivity contribution in [2.75, 3.05) is 7.11 Å². The van der Waals surface area contributed by atoms with Gasteiger partial charge in [-0.15, -0.1) is 0 Å². The molecule has 0 aliphatic rings. The monoisotopic (exact) mass is 787 g/mol. The van der Waals surface area contributed by atoms with Crippen LogP contribution >= 0.6 is 0 Å². The normalized spacial score (nSPS) is 18.2. The first kappa shape index (κ1) is 40.7. The summed E-state index contributed by atoms with van der Waals surface area (Å²) in [5.74, 6) is 0. The van der Waals surface area contributed by atoms with E-state index in [9.17, 15) is 33.6 Å². The van der Waals surface area contributed by atoms with Gasteiger partial charge in [0.2, 0.25) is 46.2 Å². The Bertz CT molecular complexity index is 699. The first-order valence-electron chi connectivity index (χ1n) is 10.8. The van der Waals surface area contributed by atoms with Crippen LogP contribution in [0.15, 0.2) is 0 Å². The van der Waals surface area contributed by atoms with E-state index in [4.69, 9.17) is 29.1 Å². The Labute approximate surface area is 250 Å². The van der Waals surface area contributed by atoms with Crippen molar-refractivity contribution in [1.29, 1.82) is 0 Å². The van der Waals surface area contributed by atoms with Crippen LogP contribution in [0.25, 0.3) is 0 Å². The van der Waals surface area contributed by atoms with E-state index in [-0.39, 0.29) is 0 Å². The molecule has 15 radical (unpaired) electrons. The summed E-state index contributed by atoms with van der Waals surface area (Å²) in [5.41, 5.74) is 0. The molecule has 3 atom stereocenters. The molecule has 0 saturated carbocycles. The highest BCUT2D eigenvalue weighted by Crippen LogP contribution is 2.41. The van der Waals surface area contributed by atoms with Gasteiger partial charge in [0, 0.05) is 7.11 Å². The smallest absolute Gasteiger partial charge is 0.418 e. The highest BCUT2D eigenvalue weighted by atomic mass is 30.2. The fraction of sp³-hybridized carbons (Fsp3) is 1.00. The molecule has 0 aromatic rings. The maximum Gasteiger partial charge on any atom is 0.418 e. The van der Waals surface area contributed by atoms with Crippen LogP contribution in [0.4, 0.5) is 0 Å². The van der Waals surface area contributed by atoms with Gasteiger partial charge in [0.1, 0.15) is 0 Å². The summed E-state index contributed by atoms with van der Waals surface area (Å²) in [6, 6.07) is 0. The Morgan fingerprint density at radius 2 is 1.24 bits per heavy atom. The van der Waals surface area contributed by atoms with Crippen LogP contribution in [0.2, 0.25) is 52.4 Å². The summed E-state index contributed by atoms with van der Waals surface area (Å²) in [4.78, 5) is 74.8. The topological polar surface area (TPSA) is 206 Å². The van der Waals surface area contributed by atoms with Crippen LogP contribution in [0.1, 0.15) is 0 Å². The maximum atomic E-state index is 11.2. The van der Waals surface area contributed by atoms with Gasteiger partial charge in [-0.3, -0.25) is 0 Å². The van der Waals surface area contributed by atoms with Crippen LogP contribution in [0.3, 0.4) is 0 Å².